The van der Waals surface area contributed by atoms with Crippen LogP contribution in [0.25, 0.3) is 0 Å². The van der Waals surface area contributed by atoms with Gasteiger partial charge in [0.1, 0.15) is 0 Å². The molecule has 2 fully saturated rings. The van der Waals surface area contributed by atoms with E-state index < -0.39 is 0 Å². The second-order valence-corrected chi connectivity index (χ2v) is 7.58. The predicted octanol–water partition coefficient (Wildman–Crippen LogP) is 2.76. The van der Waals surface area contributed by atoms with Crippen molar-refractivity contribution in [1.29, 1.82) is 0 Å². The number of thioether (sulfide) groups is 1. The van der Waals surface area contributed by atoms with Crippen LogP contribution >= 0.6 is 11.8 Å². The van der Waals surface area contributed by atoms with Gasteiger partial charge in [-0.1, -0.05) is 0 Å². The summed E-state index contributed by atoms with van der Waals surface area (Å²) in [6.07, 6.45) is 9.84. The lowest BCUT2D eigenvalue weighted by molar-refractivity contribution is -0.0367. The first-order valence-corrected chi connectivity index (χ1v) is 11.0. The Morgan fingerprint density at radius 3 is 2.79 bits per heavy atom. The SMILES string of the molecule is CCNC(=NCCCCSC)N1CCC(OCC2CCCO2)CC1. The van der Waals surface area contributed by atoms with Crippen LogP contribution in [-0.4, -0.2) is 74.5 Å². The van der Waals surface area contributed by atoms with Crippen molar-refractivity contribution in [1.82, 2.24) is 10.2 Å². The molecule has 24 heavy (non-hydrogen) atoms. The van der Waals surface area contributed by atoms with Gasteiger partial charge in [-0.25, -0.2) is 0 Å². The van der Waals surface area contributed by atoms with E-state index in [4.69, 9.17) is 14.5 Å². The van der Waals surface area contributed by atoms with Gasteiger partial charge in [-0.2, -0.15) is 11.8 Å². The van der Waals surface area contributed by atoms with Crippen molar-refractivity contribution in [3.05, 3.63) is 0 Å². The Labute approximate surface area is 151 Å². The number of likely N-dealkylation sites (tertiary alicyclic amines) is 1. The fraction of sp³-hybridized carbons (Fsp3) is 0.944. The lowest BCUT2D eigenvalue weighted by atomic mass is 10.1. The van der Waals surface area contributed by atoms with Crippen molar-refractivity contribution in [2.75, 3.05) is 51.4 Å². The number of rotatable bonds is 9. The second kappa shape index (κ2) is 12.0. The molecular formula is C18H35N3O2S. The molecule has 0 amide bonds. The van der Waals surface area contributed by atoms with E-state index in [-0.39, 0.29) is 0 Å². The Balaban J connectivity index is 1.67. The summed E-state index contributed by atoms with van der Waals surface area (Å²) in [5.74, 6) is 2.32. The second-order valence-electron chi connectivity index (χ2n) is 6.59. The van der Waals surface area contributed by atoms with E-state index in [1.54, 1.807) is 0 Å². The van der Waals surface area contributed by atoms with E-state index in [2.05, 4.69) is 23.4 Å². The van der Waals surface area contributed by atoms with Crippen LogP contribution in [0.3, 0.4) is 0 Å². The van der Waals surface area contributed by atoms with Crippen molar-refractivity contribution < 1.29 is 9.47 Å². The van der Waals surface area contributed by atoms with Crippen LogP contribution in [0.1, 0.15) is 45.4 Å². The lowest BCUT2D eigenvalue weighted by Gasteiger charge is -2.34. The fourth-order valence-corrected chi connectivity index (χ4v) is 3.72. The third kappa shape index (κ3) is 7.19. The van der Waals surface area contributed by atoms with E-state index >= 15 is 0 Å². The van der Waals surface area contributed by atoms with Crippen molar-refractivity contribution in [3.8, 4) is 0 Å². The fourth-order valence-electron chi connectivity index (χ4n) is 3.22. The van der Waals surface area contributed by atoms with Gasteiger partial charge in [0.15, 0.2) is 5.96 Å². The maximum atomic E-state index is 6.07. The molecule has 1 atom stereocenters. The van der Waals surface area contributed by atoms with E-state index in [1.807, 2.05) is 11.8 Å². The van der Waals surface area contributed by atoms with E-state index in [0.29, 0.717) is 12.2 Å². The molecular weight excluding hydrogens is 322 g/mol. The third-order valence-electron chi connectivity index (χ3n) is 4.64. The Morgan fingerprint density at radius 1 is 1.29 bits per heavy atom. The quantitative estimate of drug-likeness (QED) is 0.391. The molecule has 0 aromatic rings. The van der Waals surface area contributed by atoms with Crippen LogP contribution in [0, 0.1) is 0 Å². The summed E-state index contributed by atoms with van der Waals surface area (Å²) >= 11 is 1.92. The first-order chi connectivity index (χ1) is 11.8. The Hall–Kier alpha value is -0.460. The van der Waals surface area contributed by atoms with Gasteiger partial charge in [-0.3, -0.25) is 4.99 Å². The van der Waals surface area contributed by atoms with Gasteiger partial charge in [0.2, 0.25) is 0 Å². The van der Waals surface area contributed by atoms with Gasteiger partial charge in [-0.05, 0) is 57.5 Å². The smallest absolute Gasteiger partial charge is 0.193 e. The van der Waals surface area contributed by atoms with E-state index in [9.17, 15) is 0 Å². The van der Waals surface area contributed by atoms with Crippen LogP contribution in [0.5, 0.6) is 0 Å². The minimum absolute atomic E-state index is 0.336. The molecule has 5 nitrogen and oxygen atoms in total. The standard InChI is InChI=1S/C18H35N3O2S/c1-3-19-18(20-10-4-5-14-24-2)21-11-8-16(9-12-21)23-15-17-7-6-13-22-17/h16-17H,3-15H2,1-2H3,(H,19,20). The minimum Gasteiger partial charge on any atom is -0.376 e. The molecule has 0 bridgehead atoms. The number of ether oxygens (including phenoxy) is 2. The van der Waals surface area contributed by atoms with E-state index in [0.717, 1.165) is 64.6 Å². The monoisotopic (exact) mass is 357 g/mol. The molecule has 2 aliphatic rings. The van der Waals surface area contributed by atoms with Gasteiger partial charge >= 0.3 is 0 Å². The normalized spacial score (nSPS) is 23.0. The van der Waals surface area contributed by atoms with Crippen LogP contribution in [0.2, 0.25) is 0 Å². The third-order valence-corrected chi connectivity index (χ3v) is 5.33. The maximum absolute atomic E-state index is 6.07. The Kier molecular flexibility index (Phi) is 9.92. The highest BCUT2D eigenvalue weighted by atomic mass is 32.2. The zero-order chi connectivity index (χ0) is 17.0. The summed E-state index contributed by atoms with van der Waals surface area (Å²) in [5.41, 5.74) is 0. The molecule has 0 aliphatic carbocycles. The average Bonchev–Trinajstić information content (AvgIpc) is 3.13. The number of hydrogen-bond acceptors (Lipinski definition) is 4. The molecule has 6 heteroatoms. The van der Waals surface area contributed by atoms with Crippen LogP contribution in [-0.2, 0) is 9.47 Å². The first-order valence-electron chi connectivity index (χ1n) is 9.59. The molecule has 2 heterocycles. The van der Waals surface area contributed by atoms with Crippen molar-refractivity contribution in [2.24, 2.45) is 4.99 Å². The summed E-state index contributed by atoms with van der Waals surface area (Å²) in [5, 5.41) is 3.44. The Morgan fingerprint density at radius 2 is 2.12 bits per heavy atom. The lowest BCUT2D eigenvalue weighted by Crippen LogP contribution is -2.47. The molecule has 2 saturated heterocycles. The summed E-state index contributed by atoms with van der Waals surface area (Å²) in [7, 11) is 0. The number of nitrogens with one attached hydrogen (secondary N) is 1. The number of piperidine rings is 1. The predicted molar refractivity (Wildman–Crippen MR) is 103 cm³/mol. The van der Waals surface area contributed by atoms with Gasteiger partial charge in [0.25, 0.3) is 0 Å². The zero-order valence-corrected chi connectivity index (χ0v) is 16.3. The highest BCUT2D eigenvalue weighted by Crippen LogP contribution is 2.17. The van der Waals surface area contributed by atoms with Gasteiger partial charge in [0.05, 0.1) is 18.8 Å². The van der Waals surface area contributed by atoms with E-state index in [1.165, 1.54) is 25.0 Å². The van der Waals surface area contributed by atoms with Crippen molar-refractivity contribution in [2.45, 2.75) is 57.7 Å². The zero-order valence-electron chi connectivity index (χ0n) is 15.5. The number of unbranched alkanes of at least 4 members (excludes halogenated alkanes) is 1. The average molecular weight is 358 g/mol. The Bertz CT molecular complexity index is 354. The van der Waals surface area contributed by atoms with Crippen molar-refractivity contribution >= 4 is 17.7 Å². The maximum Gasteiger partial charge on any atom is 0.193 e. The highest BCUT2D eigenvalue weighted by molar-refractivity contribution is 7.98. The molecule has 0 spiro atoms. The molecule has 0 saturated carbocycles. The van der Waals surface area contributed by atoms with Gasteiger partial charge in [0, 0.05) is 32.8 Å². The largest absolute Gasteiger partial charge is 0.376 e. The molecule has 0 radical (unpaired) electrons. The number of aliphatic imine (C=N–C) groups is 1. The summed E-state index contributed by atoms with van der Waals surface area (Å²) in [4.78, 5) is 7.20. The molecule has 140 valence electrons. The summed E-state index contributed by atoms with van der Waals surface area (Å²) < 4.78 is 11.7. The minimum atomic E-state index is 0.336. The van der Waals surface area contributed by atoms with Gasteiger partial charge in [-0.15, -0.1) is 0 Å². The highest BCUT2D eigenvalue weighted by Gasteiger charge is 2.24. The molecule has 2 rings (SSSR count). The molecule has 2 aliphatic heterocycles. The first kappa shape index (κ1) is 19.9. The number of hydrogen-bond donors (Lipinski definition) is 1. The van der Waals surface area contributed by atoms with Crippen LogP contribution in [0.15, 0.2) is 4.99 Å². The number of guanidine groups is 1. The number of nitrogens with zero attached hydrogens (tertiary/aromatic N) is 2. The molecule has 0 aromatic heterocycles. The molecule has 1 unspecified atom stereocenters. The molecule has 0 aromatic carbocycles. The summed E-state index contributed by atoms with van der Waals surface area (Å²) in [6, 6.07) is 0. The van der Waals surface area contributed by atoms with Crippen LogP contribution in [0.4, 0.5) is 0 Å². The van der Waals surface area contributed by atoms with Crippen molar-refractivity contribution in [3.63, 3.8) is 0 Å². The topological polar surface area (TPSA) is 46.1 Å². The van der Waals surface area contributed by atoms with Gasteiger partial charge < -0.3 is 19.7 Å². The van der Waals surface area contributed by atoms with Crippen LogP contribution < -0.4 is 5.32 Å². The summed E-state index contributed by atoms with van der Waals surface area (Å²) in [6.45, 7) is 7.75. The molecule has 1 N–H and O–H groups in total.